The first-order valence-electron chi connectivity index (χ1n) is 19.9. The molecule has 13 nitrogen and oxygen atoms in total. The van der Waals surface area contributed by atoms with Crippen molar-refractivity contribution in [2.75, 3.05) is 31.6 Å². The molecule has 54 heavy (non-hydrogen) atoms. The Balaban J connectivity index is 1.56. The molecule has 302 valence electrons. The predicted molar refractivity (Wildman–Crippen MR) is 211 cm³/mol. The normalized spacial score (nSPS) is 23.4. The topological polar surface area (TPSA) is 177 Å². The zero-order chi connectivity index (χ0) is 40.5. The molecule has 2 unspecified atom stereocenters. The van der Waals surface area contributed by atoms with Crippen LogP contribution >= 0.6 is 0 Å². The van der Waals surface area contributed by atoms with Crippen molar-refractivity contribution in [2.24, 2.45) is 28.6 Å². The summed E-state index contributed by atoms with van der Waals surface area (Å²) in [4.78, 5) is 84.2. The smallest absolute Gasteiger partial charge is 0.315 e. The van der Waals surface area contributed by atoms with Crippen LogP contribution in [0.2, 0.25) is 0 Å². The summed E-state index contributed by atoms with van der Waals surface area (Å²) in [6.07, 6.45) is 5.43. The minimum absolute atomic E-state index is 0.0951. The number of hydrogen-bond acceptors (Lipinski definition) is 8. The molecule has 5 N–H and O–H groups in total. The molecule has 0 bridgehead atoms. The first-order valence-corrected chi connectivity index (χ1v) is 19.9. The van der Waals surface area contributed by atoms with Gasteiger partial charge in [-0.2, -0.15) is 0 Å². The number of carbonyl (C=O) groups is 4. The molecule has 1 saturated heterocycles. The van der Waals surface area contributed by atoms with Crippen LogP contribution in [-0.2, 0) is 19.8 Å². The van der Waals surface area contributed by atoms with E-state index in [-0.39, 0.29) is 42.2 Å². The van der Waals surface area contributed by atoms with Crippen LogP contribution in [0.3, 0.4) is 0 Å². The lowest BCUT2D eigenvalue weighted by molar-refractivity contribution is -0.144. The van der Waals surface area contributed by atoms with Crippen molar-refractivity contribution in [3.8, 4) is 0 Å². The van der Waals surface area contributed by atoms with Crippen LogP contribution in [0.5, 0.6) is 0 Å². The third kappa shape index (κ3) is 9.03. The van der Waals surface area contributed by atoms with Crippen LogP contribution < -0.4 is 37.0 Å². The van der Waals surface area contributed by atoms with E-state index >= 15 is 0 Å². The van der Waals surface area contributed by atoms with Crippen molar-refractivity contribution in [2.45, 2.75) is 143 Å². The van der Waals surface area contributed by atoms with Gasteiger partial charge in [0.1, 0.15) is 12.1 Å². The first-order chi connectivity index (χ1) is 25.1. The molecule has 7 atom stereocenters. The number of likely N-dealkylation sites (tertiary alicyclic amines) is 1. The predicted octanol–water partition coefficient (Wildman–Crippen LogP) is 3.11. The third-order valence-corrected chi connectivity index (χ3v) is 12.3. The van der Waals surface area contributed by atoms with E-state index in [0.29, 0.717) is 30.6 Å². The van der Waals surface area contributed by atoms with Gasteiger partial charge in [-0.15, -0.1) is 6.58 Å². The van der Waals surface area contributed by atoms with E-state index in [9.17, 15) is 33.9 Å². The van der Waals surface area contributed by atoms with Gasteiger partial charge in [0.2, 0.25) is 22.7 Å². The van der Waals surface area contributed by atoms with Crippen molar-refractivity contribution in [1.29, 1.82) is 0 Å². The number of anilines is 1. The number of amides is 5. The highest BCUT2D eigenvalue weighted by Gasteiger charge is 2.69. The van der Waals surface area contributed by atoms with Crippen molar-refractivity contribution in [3.63, 3.8) is 0 Å². The Kier molecular flexibility index (Phi) is 13.2. The summed E-state index contributed by atoms with van der Waals surface area (Å²) in [6, 6.07) is -3.52. The van der Waals surface area contributed by atoms with Crippen LogP contribution in [0.15, 0.2) is 22.2 Å². The van der Waals surface area contributed by atoms with Crippen LogP contribution in [0, 0.1) is 28.6 Å². The van der Waals surface area contributed by atoms with Crippen LogP contribution in [0.1, 0.15) is 113 Å². The Morgan fingerprint density at radius 2 is 1.63 bits per heavy atom. The monoisotopic (exact) mass is 754 g/mol. The molecule has 2 saturated carbocycles. The van der Waals surface area contributed by atoms with Gasteiger partial charge >= 0.3 is 6.03 Å². The summed E-state index contributed by atoms with van der Waals surface area (Å²) in [5.74, 6) is -1.46. The van der Waals surface area contributed by atoms with E-state index in [1.165, 1.54) is 6.08 Å². The highest BCUT2D eigenvalue weighted by Crippen LogP contribution is 2.65. The number of aliphatic hydroxyl groups is 1. The Bertz CT molecular complexity index is 1630. The lowest BCUT2D eigenvalue weighted by Gasteiger charge is -2.39. The molecule has 0 spiro atoms. The number of nitrogens with one attached hydrogen (secondary N) is 4. The summed E-state index contributed by atoms with van der Waals surface area (Å²) >= 11 is 0. The molecule has 1 heterocycles. The van der Waals surface area contributed by atoms with E-state index in [2.05, 4.69) is 41.7 Å². The van der Waals surface area contributed by atoms with Crippen LogP contribution in [-0.4, -0.2) is 90.7 Å². The number of fused-ring (bicyclic) bond motifs is 1. The summed E-state index contributed by atoms with van der Waals surface area (Å²) < 4.78 is 0. The van der Waals surface area contributed by atoms with Gasteiger partial charge in [0.25, 0.3) is 5.91 Å². The van der Waals surface area contributed by atoms with Gasteiger partial charge in [-0.3, -0.25) is 24.0 Å². The van der Waals surface area contributed by atoms with Crippen molar-refractivity contribution >= 4 is 29.4 Å². The molecular formula is C41H66N6O7. The molecule has 4 rings (SSSR count). The van der Waals surface area contributed by atoms with Gasteiger partial charge in [-0.1, -0.05) is 94.1 Å². The van der Waals surface area contributed by atoms with E-state index in [1.54, 1.807) is 16.8 Å². The summed E-state index contributed by atoms with van der Waals surface area (Å²) in [7, 11) is 1.75. The molecule has 0 aromatic heterocycles. The number of urea groups is 1. The van der Waals surface area contributed by atoms with E-state index in [0.717, 1.165) is 32.1 Å². The minimum Gasteiger partial charge on any atom is -0.381 e. The van der Waals surface area contributed by atoms with Crippen molar-refractivity contribution < 1.29 is 24.3 Å². The van der Waals surface area contributed by atoms with Gasteiger partial charge in [0.05, 0.1) is 17.8 Å². The molecule has 5 amide bonds. The van der Waals surface area contributed by atoms with Gasteiger partial charge in [-0.25, -0.2) is 4.79 Å². The summed E-state index contributed by atoms with van der Waals surface area (Å²) in [5, 5.41) is 22.6. The maximum absolute atomic E-state index is 14.7. The van der Waals surface area contributed by atoms with Crippen molar-refractivity contribution in [1.82, 2.24) is 26.2 Å². The number of likely N-dealkylation sites (N-methyl/N-ethyl adjacent to an activating group) is 1. The molecule has 1 aromatic carbocycles. The lowest BCUT2D eigenvalue weighted by Crippen LogP contribution is -2.62. The number of aliphatic hydroxyl groups excluding tert-OH is 1. The van der Waals surface area contributed by atoms with E-state index in [1.807, 2.05) is 48.5 Å². The SMILES string of the molecule is C=CCNC(=O)C(O)C(CCC)NC(=O)[C@@H]1[C@@H]2[C@H](CN1C(=O)[C@@H](NC(=O)N[C@H](CN(C)c1c(C(C)(C)C)c(=O)c1=O)C(C)(C)C)C1CCCCC1)C2(C)C. The van der Waals surface area contributed by atoms with Crippen LogP contribution in [0.25, 0.3) is 0 Å². The minimum atomic E-state index is -1.48. The molecule has 3 aliphatic rings. The lowest BCUT2D eigenvalue weighted by atomic mass is 9.81. The van der Waals surface area contributed by atoms with Crippen molar-refractivity contribution in [3.05, 3.63) is 38.7 Å². The first kappa shape index (κ1) is 43.0. The van der Waals surface area contributed by atoms with E-state index in [4.69, 9.17) is 0 Å². The maximum atomic E-state index is 14.7. The fourth-order valence-electron chi connectivity index (χ4n) is 8.87. The second kappa shape index (κ2) is 16.5. The Morgan fingerprint density at radius 3 is 2.19 bits per heavy atom. The van der Waals surface area contributed by atoms with Crippen LogP contribution in [0.4, 0.5) is 10.5 Å². The van der Waals surface area contributed by atoms with E-state index < -0.39 is 69.8 Å². The molecular weight excluding hydrogens is 688 g/mol. The average Bonchev–Trinajstić information content (AvgIpc) is 3.39. The highest BCUT2D eigenvalue weighted by atomic mass is 16.3. The summed E-state index contributed by atoms with van der Waals surface area (Å²) in [5.41, 5.74) is -1.30. The van der Waals surface area contributed by atoms with Gasteiger partial charge in [0, 0.05) is 32.2 Å². The summed E-state index contributed by atoms with van der Waals surface area (Å²) in [6.45, 7) is 22.1. The Hall–Kier alpha value is -3.74. The zero-order valence-corrected chi connectivity index (χ0v) is 34.3. The molecule has 3 fully saturated rings. The molecule has 1 aromatic rings. The second-order valence-electron chi connectivity index (χ2n) is 18.7. The Labute approximate surface area is 321 Å². The molecule has 0 radical (unpaired) electrons. The van der Waals surface area contributed by atoms with Gasteiger partial charge in [0.15, 0.2) is 6.10 Å². The third-order valence-electron chi connectivity index (χ3n) is 12.3. The largest absolute Gasteiger partial charge is 0.381 e. The quantitative estimate of drug-likeness (QED) is 0.134. The fourth-order valence-corrected chi connectivity index (χ4v) is 8.87. The highest BCUT2D eigenvalue weighted by molar-refractivity contribution is 5.94. The van der Waals surface area contributed by atoms with Gasteiger partial charge < -0.3 is 36.2 Å². The maximum Gasteiger partial charge on any atom is 0.315 e. The molecule has 2 aliphatic carbocycles. The second-order valence-corrected chi connectivity index (χ2v) is 18.7. The zero-order valence-electron chi connectivity index (χ0n) is 34.3. The number of piperidine rings is 1. The number of nitrogens with zero attached hydrogens (tertiary/aromatic N) is 2. The fraction of sp³-hybridized carbons (Fsp3) is 0.756. The number of rotatable bonds is 15. The Morgan fingerprint density at radius 1 is 1.00 bits per heavy atom. The number of hydrogen-bond donors (Lipinski definition) is 5. The molecule has 1 aliphatic heterocycles. The molecule has 13 heteroatoms. The number of carbonyl (C=O) groups excluding carboxylic acids is 4. The average molecular weight is 755 g/mol. The van der Waals surface area contributed by atoms with Gasteiger partial charge in [-0.05, 0) is 53.3 Å². The standard InChI is InChI=1S/C41H66N6O7/c1-12-17-25(32(48)36(52)42-20-13-2)43-35(51)31-27-24(41(27,9)10)21-47(31)37(53)29(23-18-15-14-16-19-23)45-38(54)44-26(39(3,4)5)22-46(11)30-28(40(6,7)8)33(49)34(30)50/h13,23-27,29,31-32,48H,2,12,14-22H2,1,3-11H3,(H,42,52)(H,43,51)(H2,44,45,54)/t24-,25?,26+,27-,29-,31-,32?/m0/s1.